The van der Waals surface area contributed by atoms with Crippen molar-refractivity contribution in [1.29, 1.82) is 0 Å². The molecule has 0 radical (unpaired) electrons. The summed E-state index contributed by atoms with van der Waals surface area (Å²) in [5.41, 5.74) is -1.90. The molecule has 0 spiro atoms. The van der Waals surface area contributed by atoms with Gasteiger partial charge < -0.3 is 30.6 Å². The molecule has 6 unspecified atom stereocenters. The molecule has 4 aliphatic rings. The molecule has 13 atom stereocenters. The predicted molar refractivity (Wildman–Crippen MR) is 126 cm³/mol. The Balaban J connectivity index is 1.61. The lowest BCUT2D eigenvalue weighted by atomic mass is 9.42. The first kappa shape index (κ1) is 25.8. The minimum absolute atomic E-state index is 0.0393. The Morgan fingerprint density at radius 3 is 2.24 bits per heavy atom. The Morgan fingerprint density at radius 1 is 0.909 bits per heavy atom. The highest BCUT2D eigenvalue weighted by atomic mass is 16.3. The first-order chi connectivity index (χ1) is 15.4. The van der Waals surface area contributed by atoms with Crippen molar-refractivity contribution < 1.29 is 30.6 Å². The van der Waals surface area contributed by atoms with Crippen molar-refractivity contribution in [3.63, 3.8) is 0 Å². The van der Waals surface area contributed by atoms with Crippen LogP contribution < -0.4 is 0 Å². The van der Waals surface area contributed by atoms with E-state index in [1.165, 1.54) is 0 Å². The van der Waals surface area contributed by atoms with Crippen LogP contribution in [0.5, 0.6) is 0 Å². The van der Waals surface area contributed by atoms with Crippen molar-refractivity contribution >= 4 is 0 Å². The Labute approximate surface area is 199 Å². The first-order valence-corrected chi connectivity index (χ1v) is 13.5. The summed E-state index contributed by atoms with van der Waals surface area (Å²) in [5, 5.41) is 65.7. The Hall–Kier alpha value is -0.240. The van der Waals surface area contributed by atoms with E-state index in [2.05, 4.69) is 20.8 Å². The maximum Gasteiger partial charge on any atom is 0.0863 e. The third-order valence-electron chi connectivity index (χ3n) is 11.1. The molecule has 0 aliphatic heterocycles. The number of hydrogen-bond acceptors (Lipinski definition) is 6. The van der Waals surface area contributed by atoms with Gasteiger partial charge in [-0.15, -0.1) is 0 Å². The predicted octanol–water partition coefficient (Wildman–Crippen LogP) is 2.47. The molecule has 4 fully saturated rings. The molecule has 192 valence electrons. The number of fused-ring (bicyclic) bond motifs is 5. The second-order valence-corrected chi connectivity index (χ2v) is 13.1. The highest BCUT2D eigenvalue weighted by Crippen LogP contribution is 2.69. The second kappa shape index (κ2) is 9.01. The largest absolute Gasteiger partial charge is 0.396 e. The van der Waals surface area contributed by atoms with E-state index in [0.29, 0.717) is 12.8 Å². The maximum atomic E-state index is 12.3. The van der Waals surface area contributed by atoms with Crippen LogP contribution in [0.1, 0.15) is 85.5 Å². The van der Waals surface area contributed by atoms with E-state index >= 15 is 0 Å². The third-order valence-corrected chi connectivity index (χ3v) is 11.1. The molecule has 4 saturated carbocycles. The van der Waals surface area contributed by atoms with Crippen molar-refractivity contribution in [2.75, 3.05) is 6.61 Å². The smallest absolute Gasteiger partial charge is 0.0863 e. The number of aliphatic hydroxyl groups is 6. The fourth-order valence-corrected chi connectivity index (χ4v) is 9.57. The average molecular weight is 469 g/mol. The molecule has 0 heterocycles. The summed E-state index contributed by atoms with van der Waals surface area (Å²) in [4.78, 5) is 0. The summed E-state index contributed by atoms with van der Waals surface area (Å²) in [6, 6.07) is 0. The van der Waals surface area contributed by atoms with Gasteiger partial charge in [-0.05, 0) is 78.9 Å². The number of hydrogen-bond donors (Lipinski definition) is 6. The zero-order chi connectivity index (χ0) is 24.3. The second-order valence-electron chi connectivity index (χ2n) is 13.1. The van der Waals surface area contributed by atoms with Gasteiger partial charge in [0.05, 0.1) is 30.0 Å². The van der Waals surface area contributed by atoms with E-state index in [0.717, 1.165) is 38.5 Å². The zero-order valence-corrected chi connectivity index (χ0v) is 21.0. The Kier molecular flexibility index (Phi) is 7.05. The van der Waals surface area contributed by atoms with Gasteiger partial charge in [-0.2, -0.15) is 0 Å². The quantitative estimate of drug-likeness (QED) is 0.356. The minimum atomic E-state index is -1.22. The summed E-state index contributed by atoms with van der Waals surface area (Å²) >= 11 is 0. The van der Waals surface area contributed by atoms with Crippen LogP contribution in [-0.4, -0.2) is 67.3 Å². The molecule has 6 N–H and O–H groups in total. The molecule has 33 heavy (non-hydrogen) atoms. The van der Waals surface area contributed by atoms with Gasteiger partial charge in [0.25, 0.3) is 0 Å². The molecule has 0 amide bonds. The van der Waals surface area contributed by atoms with E-state index in [-0.39, 0.29) is 48.0 Å². The molecule has 0 aromatic carbocycles. The maximum absolute atomic E-state index is 12.3. The summed E-state index contributed by atoms with van der Waals surface area (Å²) in [5.74, 6) is -0.211. The SMILES string of the molecule is CC(CO)CCCC(C)C1[C@@H](O)[C@H](O)C2[C@]1(C)CCC1[C@@]3(C)CC[C@H](O)CC3[C@@H](O)C[C@]12O. The topological polar surface area (TPSA) is 121 Å². The van der Waals surface area contributed by atoms with Crippen molar-refractivity contribution in [1.82, 2.24) is 0 Å². The van der Waals surface area contributed by atoms with Crippen LogP contribution in [0.3, 0.4) is 0 Å². The van der Waals surface area contributed by atoms with Gasteiger partial charge in [-0.1, -0.05) is 40.5 Å². The highest BCUT2D eigenvalue weighted by molar-refractivity contribution is 5.21. The lowest BCUT2D eigenvalue weighted by molar-refractivity contribution is -0.264. The molecule has 6 nitrogen and oxygen atoms in total. The van der Waals surface area contributed by atoms with Crippen molar-refractivity contribution in [3.8, 4) is 0 Å². The van der Waals surface area contributed by atoms with Gasteiger partial charge in [0.1, 0.15) is 0 Å². The van der Waals surface area contributed by atoms with Crippen LogP contribution in [-0.2, 0) is 0 Å². The molecule has 0 saturated heterocycles. The van der Waals surface area contributed by atoms with E-state index < -0.39 is 41.3 Å². The van der Waals surface area contributed by atoms with Crippen molar-refractivity contribution in [3.05, 3.63) is 0 Å². The van der Waals surface area contributed by atoms with Crippen LogP contribution in [0, 0.1) is 46.3 Å². The van der Waals surface area contributed by atoms with Gasteiger partial charge in [-0.3, -0.25) is 0 Å². The Bertz CT molecular complexity index is 702. The normalized spacial score (nSPS) is 53.6. The van der Waals surface area contributed by atoms with Gasteiger partial charge >= 0.3 is 0 Å². The molecular weight excluding hydrogens is 420 g/mol. The van der Waals surface area contributed by atoms with Crippen molar-refractivity contribution in [2.45, 2.75) is 115 Å². The fraction of sp³-hybridized carbons (Fsp3) is 1.00. The molecule has 6 heteroatoms. The standard InChI is InChI=1S/C27H48O6/c1-15(14-28)6-5-7-16(2)21-22(31)23(32)24-26(21,4)11-9-20-25(3)10-8-17(29)12-18(25)19(30)13-27(20,24)33/h15-24,28-33H,5-14H2,1-4H3/t15?,16?,17-,18?,19-,20?,21?,22+,23-,24?,25-,26+,27-/m0/s1. The van der Waals surface area contributed by atoms with Crippen molar-refractivity contribution in [2.24, 2.45) is 46.3 Å². The van der Waals surface area contributed by atoms with Crippen LogP contribution in [0.4, 0.5) is 0 Å². The lowest BCUT2D eigenvalue weighted by Gasteiger charge is -2.65. The summed E-state index contributed by atoms with van der Waals surface area (Å²) < 4.78 is 0. The average Bonchev–Trinajstić information content (AvgIpc) is 2.95. The minimum Gasteiger partial charge on any atom is -0.396 e. The molecular formula is C27H48O6. The van der Waals surface area contributed by atoms with E-state index in [1.54, 1.807) is 0 Å². The lowest BCUT2D eigenvalue weighted by Crippen LogP contribution is -2.68. The van der Waals surface area contributed by atoms with Gasteiger partial charge in [0.15, 0.2) is 0 Å². The highest BCUT2D eigenvalue weighted by Gasteiger charge is 2.72. The van der Waals surface area contributed by atoms with Crippen LogP contribution >= 0.6 is 0 Å². The Morgan fingerprint density at radius 2 is 1.58 bits per heavy atom. The van der Waals surface area contributed by atoms with Crippen LogP contribution in [0.25, 0.3) is 0 Å². The van der Waals surface area contributed by atoms with E-state index in [1.807, 2.05) is 6.92 Å². The van der Waals surface area contributed by atoms with Gasteiger partial charge in [0.2, 0.25) is 0 Å². The summed E-state index contributed by atoms with van der Waals surface area (Å²) in [6.45, 7) is 8.70. The summed E-state index contributed by atoms with van der Waals surface area (Å²) in [7, 11) is 0. The fourth-order valence-electron chi connectivity index (χ4n) is 9.57. The number of rotatable bonds is 6. The molecule has 4 aliphatic carbocycles. The van der Waals surface area contributed by atoms with Gasteiger partial charge in [-0.25, -0.2) is 0 Å². The van der Waals surface area contributed by atoms with E-state index in [4.69, 9.17) is 0 Å². The van der Waals surface area contributed by atoms with Gasteiger partial charge in [0, 0.05) is 18.9 Å². The first-order valence-electron chi connectivity index (χ1n) is 13.5. The van der Waals surface area contributed by atoms with Crippen LogP contribution in [0.15, 0.2) is 0 Å². The molecule has 0 aromatic rings. The molecule has 0 bridgehead atoms. The molecule has 4 rings (SSSR count). The monoisotopic (exact) mass is 468 g/mol. The summed E-state index contributed by atoms with van der Waals surface area (Å²) in [6.07, 6.45) is 3.75. The molecule has 0 aromatic heterocycles. The van der Waals surface area contributed by atoms with Crippen LogP contribution in [0.2, 0.25) is 0 Å². The third kappa shape index (κ3) is 3.92. The van der Waals surface area contributed by atoms with E-state index in [9.17, 15) is 30.6 Å². The number of aliphatic hydroxyl groups excluding tert-OH is 5. The zero-order valence-electron chi connectivity index (χ0n) is 21.0.